The number of fused-ring (bicyclic) bond motifs is 1. The molecule has 7 nitrogen and oxygen atoms in total. The number of rotatable bonds is 6. The first-order valence-electron chi connectivity index (χ1n) is 9.35. The maximum Gasteiger partial charge on any atom is 0.295 e. The van der Waals surface area contributed by atoms with E-state index in [0.717, 1.165) is 16.5 Å². The Labute approximate surface area is 169 Å². The summed E-state index contributed by atoms with van der Waals surface area (Å²) in [5.41, 5.74) is 2.49. The Kier molecular flexibility index (Phi) is 5.87. The van der Waals surface area contributed by atoms with Crippen LogP contribution in [0.1, 0.15) is 29.8 Å². The largest absolute Gasteiger partial charge is 0.493 e. The van der Waals surface area contributed by atoms with Crippen LogP contribution < -0.4 is 9.47 Å². The molecule has 3 aromatic rings. The fourth-order valence-electron chi connectivity index (χ4n) is 3.21. The number of carbonyl (C=O) groups is 1. The number of methoxy groups -OCH3 is 2. The molecule has 0 atom stereocenters. The number of aromatic nitrogens is 1. The van der Waals surface area contributed by atoms with E-state index >= 15 is 0 Å². The lowest BCUT2D eigenvalue weighted by Crippen LogP contribution is -2.03. The monoisotopic (exact) mass is 395 g/mol. The Balaban J connectivity index is 2.01. The normalized spacial score (nSPS) is 11.5. The first kappa shape index (κ1) is 20.4. The predicted molar refractivity (Wildman–Crippen MR) is 112 cm³/mol. The van der Waals surface area contributed by atoms with E-state index in [1.54, 1.807) is 22.8 Å². The summed E-state index contributed by atoms with van der Waals surface area (Å²) in [7, 11) is 3.02. The molecular weight excluding hydrogens is 370 g/mol. The average Bonchev–Trinajstić information content (AvgIpc) is 2.95. The fraction of sp³-hybridized carbons (Fsp3) is 0.318. The highest BCUT2D eigenvalue weighted by Gasteiger charge is 2.18. The minimum absolute atomic E-state index is 0.00293. The third-order valence-electron chi connectivity index (χ3n) is 4.58. The Morgan fingerprint density at radius 2 is 1.83 bits per heavy atom. The highest BCUT2D eigenvalue weighted by molar-refractivity contribution is 5.98. The van der Waals surface area contributed by atoms with Gasteiger partial charge in [-0.1, -0.05) is 25.5 Å². The van der Waals surface area contributed by atoms with Crippen molar-refractivity contribution in [2.45, 2.75) is 27.3 Å². The first-order chi connectivity index (χ1) is 13.8. The molecule has 0 aliphatic heterocycles. The van der Waals surface area contributed by atoms with Crippen LogP contribution in [0, 0.1) is 12.8 Å². The summed E-state index contributed by atoms with van der Waals surface area (Å²) in [5, 5.41) is 19.5. The van der Waals surface area contributed by atoms with Crippen LogP contribution in [-0.2, 0) is 6.54 Å². The van der Waals surface area contributed by atoms with Crippen LogP contribution in [0.25, 0.3) is 10.9 Å². The molecule has 1 amide bonds. The van der Waals surface area contributed by atoms with Crippen molar-refractivity contribution in [2.75, 3.05) is 14.2 Å². The molecule has 0 unspecified atom stereocenters. The number of aromatic hydroxyl groups is 1. The summed E-state index contributed by atoms with van der Waals surface area (Å²) >= 11 is 0. The van der Waals surface area contributed by atoms with Crippen molar-refractivity contribution >= 4 is 22.5 Å². The zero-order chi connectivity index (χ0) is 21.1. The lowest BCUT2D eigenvalue weighted by molar-refractivity contribution is 0.0994. The second-order valence-electron chi connectivity index (χ2n) is 7.27. The minimum Gasteiger partial charge on any atom is -0.493 e. The van der Waals surface area contributed by atoms with Crippen LogP contribution >= 0.6 is 0 Å². The topological polar surface area (TPSA) is 85.4 Å². The van der Waals surface area contributed by atoms with Crippen molar-refractivity contribution in [1.29, 1.82) is 0 Å². The molecule has 2 aromatic carbocycles. The van der Waals surface area contributed by atoms with E-state index in [2.05, 4.69) is 24.1 Å². The molecule has 29 heavy (non-hydrogen) atoms. The number of ether oxygens (including phenoxy) is 2. The summed E-state index contributed by atoms with van der Waals surface area (Å²) < 4.78 is 12.2. The van der Waals surface area contributed by atoms with Gasteiger partial charge in [-0.2, -0.15) is 0 Å². The molecule has 0 spiro atoms. The van der Waals surface area contributed by atoms with Crippen LogP contribution in [-0.4, -0.2) is 29.8 Å². The van der Waals surface area contributed by atoms with E-state index in [9.17, 15) is 9.90 Å². The molecule has 0 radical (unpaired) electrons. The summed E-state index contributed by atoms with van der Waals surface area (Å²) in [4.78, 5) is 12.5. The van der Waals surface area contributed by atoms with Crippen molar-refractivity contribution < 1.29 is 19.4 Å². The Hall–Kier alpha value is -3.35. The number of nitrogens with zero attached hydrogens (tertiary/aromatic N) is 3. The van der Waals surface area contributed by atoms with Gasteiger partial charge in [0.2, 0.25) is 5.88 Å². The molecule has 0 saturated heterocycles. The number of hydrogen-bond donors (Lipinski definition) is 1. The van der Waals surface area contributed by atoms with Gasteiger partial charge in [-0.05, 0) is 43.2 Å². The lowest BCUT2D eigenvalue weighted by atomic mass is 10.1. The smallest absolute Gasteiger partial charge is 0.295 e. The van der Waals surface area contributed by atoms with Gasteiger partial charge in [-0.15, -0.1) is 10.2 Å². The third kappa shape index (κ3) is 4.08. The highest BCUT2D eigenvalue weighted by Crippen LogP contribution is 2.40. The van der Waals surface area contributed by atoms with Gasteiger partial charge in [0.15, 0.2) is 17.2 Å². The van der Waals surface area contributed by atoms with Crippen LogP contribution in [0.5, 0.6) is 17.4 Å². The Bertz CT molecular complexity index is 1080. The maximum atomic E-state index is 12.5. The molecule has 1 heterocycles. The third-order valence-corrected chi connectivity index (χ3v) is 4.58. The van der Waals surface area contributed by atoms with Crippen LogP contribution in [0.4, 0.5) is 5.69 Å². The predicted octanol–water partition coefficient (Wildman–Crippen LogP) is 5.25. The van der Waals surface area contributed by atoms with Crippen molar-refractivity contribution in [2.24, 2.45) is 16.1 Å². The quantitative estimate of drug-likeness (QED) is 0.578. The second-order valence-corrected chi connectivity index (χ2v) is 7.27. The maximum absolute atomic E-state index is 12.5. The van der Waals surface area contributed by atoms with Gasteiger partial charge in [-0.25, -0.2) is 0 Å². The molecule has 1 aromatic heterocycles. The zero-order valence-electron chi connectivity index (χ0n) is 17.3. The van der Waals surface area contributed by atoms with E-state index in [1.165, 1.54) is 14.2 Å². The van der Waals surface area contributed by atoms with Crippen molar-refractivity contribution in [1.82, 2.24) is 4.57 Å². The fourth-order valence-corrected chi connectivity index (χ4v) is 3.21. The molecule has 0 aliphatic carbocycles. The first-order valence-corrected chi connectivity index (χ1v) is 9.35. The highest BCUT2D eigenvalue weighted by atomic mass is 16.5. The van der Waals surface area contributed by atoms with Crippen LogP contribution in [0.2, 0.25) is 0 Å². The Morgan fingerprint density at radius 3 is 2.48 bits per heavy atom. The van der Waals surface area contributed by atoms with Crippen molar-refractivity contribution in [3.05, 3.63) is 47.5 Å². The van der Waals surface area contributed by atoms with E-state index < -0.39 is 5.91 Å². The van der Waals surface area contributed by atoms with E-state index in [4.69, 9.17) is 9.47 Å². The van der Waals surface area contributed by atoms with Gasteiger partial charge in [0.1, 0.15) is 0 Å². The van der Waals surface area contributed by atoms with Gasteiger partial charge in [0.25, 0.3) is 5.91 Å². The molecule has 0 aliphatic rings. The standard InChI is InChI=1S/C22H25N3O4/c1-13(2)12-25-17-8-6-14(3)10-16(17)20(22(25)27)23-24-21(26)15-7-9-18(28-4)19(11-15)29-5/h6-11,13,27H,12H2,1-5H3. The van der Waals surface area contributed by atoms with Gasteiger partial charge < -0.3 is 19.1 Å². The Morgan fingerprint density at radius 1 is 1.10 bits per heavy atom. The summed E-state index contributed by atoms with van der Waals surface area (Å²) in [6.07, 6.45) is 0. The van der Waals surface area contributed by atoms with Crippen LogP contribution in [0.3, 0.4) is 0 Å². The molecule has 0 bridgehead atoms. The van der Waals surface area contributed by atoms with E-state index in [1.807, 2.05) is 25.1 Å². The van der Waals surface area contributed by atoms with E-state index in [0.29, 0.717) is 29.5 Å². The van der Waals surface area contributed by atoms with Crippen molar-refractivity contribution in [3.8, 4) is 17.4 Å². The molecule has 1 N–H and O–H groups in total. The minimum atomic E-state index is -0.539. The summed E-state index contributed by atoms with van der Waals surface area (Å²) in [5.74, 6) is 0.744. The lowest BCUT2D eigenvalue weighted by Gasteiger charge is -2.09. The number of hydrogen-bond acceptors (Lipinski definition) is 5. The van der Waals surface area contributed by atoms with E-state index in [-0.39, 0.29) is 11.6 Å². The molecule has 7 heteroatoms. The van der Waals surface area contributed by atoms with Crippen LogP contribution in [0.15, 0.2) is 46.6 Å². The molecule has 3 rings (SSSR count). The second kappa shape index (κ2) is 8.34. The number of benzene rings is 2. The number of amides is 1. The number of aryl methyl sites for hydroxylation is 1. The summed E-state index contributed by atoms with van der Waals surface area (Å²) in [6, 6.07) is 10.6. The van der Waals surface area contributed by atoms with Gasteiger partial charge >= 0.3 is 0 Å². The van der Waals surface area contributed by atoms with Gasteiger partial charge in [0, 0.05) is 17.5 Å². The number of azo groups is 1. The van der Waals surface area contributed by atoms with Crippen molar-refractivity contribution in [3.63, 3.8) is 0 Å². The molecule has 0 fully saturated rings. The molecule has 0 saturated carbocycles. The summed E-state index contributed by atoms with van der Waals surface area (Å²) in [6.45, 7) is 6.74. The number of carbonyl (C=O) groups excluding carboxylic acids is 1. The molecule has 152 valence electrons. The van der Waals surface area contributed by atoms with Gasteiger partial charge in [0.05, 0.1) is 19.7 Å². The SMILES string of the molecule is COc1ccc(C(=O)N=Nc2c(O)n(CC(C)C)c3ccc(C)cc23)cc1OC. The van der Waals surface area contributed by atoms with Gasteiger partial charge in [-0.3, -0.25) is 4.79 Å². The average molecular weight is 395 g/mol. The zero-order valence-corrected chi connectivity index (χ0v) is 17.3. The molecular formula is C22H25N3O4.